The van der Waals surface area contributed by atoms with Crippen LogP contribution in [0.4, 0.5) is 5.69 Å². The van der Waals surface area contributed by atoms with Gasteiger partial charge in [-0.1, -0.05) is 35.9 Å². The normalized spacial score (nSPS) is 12.5. The zero-order valence-corrected chi connectivity index (χ0v) is 13.5. The van der Waals surface area contributed by atoms with Gasteiger partial charge in [-0.15, -0.1) is 0 Å². The molecule has 0 bridgehead atoms. The van der Waals surface area contributed by atoms with Crippen molar-refractivity contribution in [1.29, 1.82) is 0 Å². The van der Waals surface area contributed by atoms with Crippen LogP contribution in [0.15, 0.2) is 35.3 Å². The molecule has 2 aromatic rings. The fourth-order valence-electron chi connectivity index (χ4n) is 2.30. The van der Waals surface area contributed by atoms with Crippen molar-refractivity contribution in [2.24, 2.45) is 0 Å². The molecule has 5 heteroatoms. The van der Waals surface area contributed by atoms with Crippen LogP contribution in [-0.4, -0.2) is 9.78 Å². The van der Waals surface area contributed by atoms with Gasteiger partial charge in [0.25, 0.3) is 5.56 Å². The average molecular weight is 306 g/mol. The van der Waals surface area contributed by atoms with Gasteiger partial charge >= 0.3 is 0 Å². The number of hydrogen-bond acceptors (Lipinski definition) is 3. The molecule has 1 aromatic heterocycles. The van der Waals surface area contributed by atoms with E-state index >= 15 is 0 Å². The van der Waals surface area contributed by atoms with Gasteiger partial charge in [-0.05, 0) is 38.8 Å². The van der Waals surface area contributed by atoms with E-state index in [1.807, 2.05) is 32.9 Å². The van der Waals surface area contributed by atoms with Crippen LogP contribution in [0.1, 0.15) is 44.0 Å². The molecule has 0 saturated carbocycles. The lowest BCUT2D eigenvalue weighted by Gasteiger charge is -2.19. The number of benzene rings is 1. The van der Waals surface area contributed by atoms with E-state index in [0.717, 1.165) is 0 Å². The number of rotatable bonds is 4. The van der Waals surface area contributed by atoms with Crippen LogP contribution in [0, 0.1) is 6.92 Å². The van der Waals surface area contributed by atoms with Crippen LogP contribution < -0.4 is 10.9 Å². The summed E-state index contributed by atoms with van der Waals surface area (Å²) >= 11 is 6.18. The fourth-order valence-corrected chi connectivity index (χ4v) is 2.49. The highest BCUT2D eigenvalue weighted by Gasteiger charge is 2.14. The molecule has 0 saturated heterocycles. The lowest BCUT2D eigenvalue weighted by atomic mass is 10.0. The Morgan fingerprint density at radius 3 is 2.52 bits per heavy atom. The summed E-state index contributed by atoms with van der Waals surface area (Å²) in [6.45, 7) is 7.89. The van der Waals surface area contributed by atoms with Gasteiger partial charge in [-0.25, -0.2) is 4.68 Å². The van der Waals surface area contributed by atoms with Crippen molar-refractivity contribution >= 4 is 17.3 Å². The summed E-state index contributed by atoms with van der Waals surface area (Å²) < 4.78 is 1.38. The van der Waals surface area contributed by atoms with E-state index in [0.29, 0.717) is 5.69 Å². The molecule has 0 aliphatic carbocycles. The molecule has 1 aromatic carbocycles. The Morgan fingerprint density at radius 2 is 1.90 bits per heavy atom. The third-order valence-electron chi connectivity index (χ3n) is 3.46. The molecule has 0 spiro atoms. The molecule has 2 rings (SSSR count). The van der Waals surface area contributed by atoms with E-state index in [9.17, 15) is 4.79 Å². The van der Waals surface area contributed by atoms with Gasteiger partial charge < -0.3 is 5.32 Å². The third-order valence-corrected chi connectivity index (χ3v) is 3.82. The van der Waals surface area contributed by atoms with Crippen molar-refractivity contribution in [3.63, 3.8) is 0 Å². The van der Waals surface area contributed by atoms with Crippen molar-refractivity contribution in [2.75, 3.05) is 5.32 Å². The maximum Gasteiger partial charge on any atom is 0.287 e. The van der Waals surface area contributed by atoms with Crippen LogP contribution >= 0.6 is 11.6 Å². The van der Waals surface area contributed by atoms with Gasteiger partial charge in [0.15, 0.2) is 0 Å². The molecular formula is C16H20ClN3O. The van der Waals surface area contributed by atoms with E-state index in [2.05, 4.69) is 29.5 Å². The first-order valence-electron chi connectivity index (χ1n) is 7.01. The molecule has 0 aliphatic rings. The topological polar surface area (TPSA) is 46.9 Å². The SMILES string of the molecule is Cc1ccccc1C(C)Nc1cnn(C(C)C)c(=O)c1Cl. The minimum Gasteiger partial charge on any atom is -0.376 e. The van der Waals surface area contributed by atoms with Gasteiger partial charge in [-0.2, -0.15) is 5.10 Å². The summed E-state index contributed by atoms with van der Waals surface area (Å²) in [5.74, 6) is 0. The molecule has 112 valence electrons. The van der Waals surface area contributed by atoms with E-state index < -0.39 is 0 Å². The number of hydrogen-bond donors (Lipinski definition) is 1. The Bertz CT molecular complexity index is 694. The molecule has 1 heterocycles. The second kappa shape index (κ2) is 6.31. The molecule has 1 atom stereocenters. The molecule has 0 amide bonds. The summed E-state index contributed by atoms with van der Waals surface area (Å²) in [4.78, 5) is 12.1. The Kier molecular flexibility index (Phi) is 4.68. The molecular weight excluding hydrogens is 286 g/mol. The van der Waals surface area contributed by atoms with Gasteiger partial charge in [-0.3, -0.25) is 4.79 Å². The maximum atomic E-state index is 12.1. The zero-order valence-electron chi connectivity index (χ0n) is 12.7. The van der Waals surface area contributed by atoms with Crippen LogP contribution in [0.2, 0.25) is 5.02 Å². The minimum absolute atomic E-state index is 0.0159. The second-order valence-electron chi connectivity index (χ2n) is 5.44. The lowest BCUT2D eigenvalue weighted by molar-refractivity contribution is 0.503. The van der Waals surface area contributed by atoms with E-state index in [1.165, 1.54) is 15.8 Å². The van der Waals surface area contributed by atoms with Crippen molar-refractivity contribution < 1.29 is 0 Å². The summed E-state index contributed by atoms with van der Waals surface area (Å²) in [6, 6.07) is 8.15. The number of aromatic nitrogens is 2. The fraction of sp³-hybridized carbons (Fsp3) is 0.375. The van der Waals surface area contributed by atoms with Crippen LogP contribution in [-0.2, 0) is 0 Å². The van der Waals surface area contributed by atoms with Crippen LogP contribution in [0.5, 0.6) is 0 Å². The minimum atomic E-state index is -0.270. The van der Waals surface area contributed by atoms with Gasteiger partial charge in [0.2, 0.25) is 0 Å². The highest BCUT2D eigenvalue weighted by atomic mass is 35.5. The highest BCUT2D eigenvalue weighted by Crippen LogP contribution is 2.24. The molecule has 1 unspecified atom stereocenters. The third kappa shape index (κ3) is 3.27. The zero-order chi connectivity index (χ0) is 15.6. The number of nitrogens with zero attached hydrogens (tertiary/aromatic N) is 2. The Morgan fingerprint density at radius 1 is 1.24 bits per heavy atom. The largest absolute Gasteiger partial charge is 0.376 e. The predicted octanol–water partition coefficient (Wildman–Crippen LogP) is 3.96. The molecule has 0 aliphatic heterocycles. The van der Waals surface area contributed by atoms with Crippen LogP contribution in [0.3, 0.4) is 0 Å². The Hall–Kier alpha value is -1.81. The first-order chi connectivity index (χ1) is 9.91. The number of anilines is 1. The monoisotopic (exact) mass is 305 g/mol. The summed E-state index contributed by atoms with van der Waals surface area (Å²) in [5.41, 5.74) is 2.65. The van der Waals surface area contributed by atoms with Crippen molar-refractivity contribution in [3.8, 4) is 0 Å². The maximum absolute atomic E-state index is 12.1. The van der Waals surface area contributed by atoms with Crippen molar-refractivity contribution in [1.82, 2.24) is 9.78 Å². The molecule has 0 radical (unpaired) electrons. The van der Waals surface area contributed by atoms with E-state index in [1.54, 1.807) is 6.20 Å². The Balaban J connectivity index is 2.31. The van der Waals surface area contributed by atoms with Gasteiger partial charge in [0.1, 0.15) is 5.02 Å². The number of halogens is 1. The first-order valence-corrected chi connectivity index (χ1v) is 7.39. The quantitative estimate of drug-likeness (QED) is 0.930. The Labute approximate surface area is 129 Å². The van der Waals surface area contributed by atoms with Crippen molar-refractivity contribution in [2.45, 2.75) is 39.8 Å². The number of nitrogens with one attached hydrogen (secondary N) is 1. The van der Waals surface area contributed by atoms with E-state index in [-0.39, 0.29) is 22.7 Å². The second-order valence-corrected chi connectivity index (χ2v) is 5.82. The predicted molar refractivity (Wildman–Crippen MR) is 87.1 cm³/mol. The summed E-state index contributed by atoms with van der Waals surface area (Å²) in [7, 11) is 0. The van der Waals surface area contributed by atoms with Gasteiger partial charge in [0, 0.05) is 6.04 Å². The summed E-state index contributed by atoms with van der Waals surface area (Å²) in [5, 5.41) is 7.61. The number of aryl methyl sites for hydroxylation is 1. The molecule has 21 heavy (non-hydrogen) atoms. The lowest BCUT2D eigenvalue weighted by Crippen LogP contribution is -2.26. The van der Waals surface area contributed by atoms with Crippen molar-refractivity contribution in [3.05, 3.63) is 57.0 Å². The van der Waals surface area contributed by atoms with Crippen LogP contribution in [0.25, 0.3) is 0 Å². The highest BCUT2D eigenvalue weighted by molar-refractivity contribution is 6.32. The molecule has 0 fully saturated rings. The van der Waals surface area contributed by atoms with Gasteiger partial charge in [0.05, 0.1) is 17.9 Å². The average Bonchev–Trinajstić information content (AvgIpc) is 2.44. The summed E-state index contributed by atoms with van der Waals surface area (Å²) in [6.07, 6.45) is 1.61. The first kappa shape index (κ1) is 15.6. The smallest absolute Gasteiger partial charge is 0.287 e. The molecule has 1 N–H and O–H groups in total. The van der Waals surface area contributed by atoms with E-state index in [4.69, 9.17) is 11.6 Å². The standard InChI is InChI=1S/C16H20ClN3O/c1-10(2)20-16(21)15(17)14(9-18-20)19-12(4)13-8-6-5-7-11(13)3/h5-10,12,19H,1-4H3. The molecule has 4 nitrogen and oxygen atoms in total.